The Balaban J connectivity index is 1.13. The van der Waals surface area contributed by atoms with Crippen molar-refractivity contribution < 1.29 is 18.7 Å². The molecule has 0 bridgehead atoms. The Morgan fingerprint density at radius 1 is 0.727 bits per heavy atom. The lowest BCUT2D eigenvalue weighted by atomic mass is 10.00. The van der Waals surface area contributed by atoms with Crippen LogP contribution >= 0.6 is 0 Å². The Labute approximate surface area is 263 Å². The van der Waals surface area contributed by atoms with E-state index in [0.29, 0.717) is 32.7 Å². The highest BCUT2D eigenvalue weighted by Gasteiger charge is 2.50. The molecule has 0 spiro atoms. The first kappa shape index (κ1) is 31.7. The number of amides is 1. The third-order valence-corrected chi connectivity index (χ3v) is 13.5. The zero-order valence-electron chi connectivity index (χ0n) is 26.2. The van der Waals surface area contributed by atoms with Crippen LogP contribution in [0.1, 0.15) is 57.3 Å². The molecule has 5 rings (SSSR count). The van der Waals surface area contributed by atoms with Crippen LogP contribution in [0, 0.1) is 0 Å². The summed E-state index contributed by atoms with van der Waals surface area (Å²) >= 11 is 0. The molecule has 0 radical (unpaired) electrons. The van der Waals surface area contributed by atoms with Crippen LogP contribution in [0.4, 0.5) is 4.79 Å². The third-order valence-electron chi connectivity index (χ3n) is 8.48. The summed E-state index contributed by atoms with van der Waals surface area (Å²) in [7, 11) is -2.59. The van der Waals surface area contributed by atoms with Crippen molar-refractivity contribution in [1.29, 1.82) is 0 Å². The second-order valence-corrected chi connectivity index (χ2v) is 16.8. The quantitative estimate of drug-likeness (QED) is 0.132. The number of carbonyl (C=O) groups excluding carboxylic acids is 1. The fraction of sp³-hybridized carbons (Fsp3) is 0.342. The molecule has 0 aliphatic carbocycles. The van der Waals surface area contributed by atoms with Crippen molar-refractivity contribution in [2.45, 2.75) is 57.3 Å². The van der Waals surface area contributed by atoms with Gasteiger partial charge in [0.15, 0.2) is 0 Å². The SMILES string of the molecule is CC(C)(C)[Si](OCCCOC(=O)N1CCC(OC(c2ccccc2)c2ccccc2)CC1)(c1ccccc1)c1ccccc1. The molecule has 1 saturated heterocycles. The molecular weight excluding hydrogens is 563 g/mol. The van der Waals surface area contributed by atoms with Gasteiger partial charge in [0.2, 0.25) is 0 Å². The van der Waals surface area contributed by atoms with Crippen LogP contribution in [0.2, 0.25) is 5.04 Å². The van der Waals surface area contributed by atoms with E-state index in [1.807, 2.05) is 41.3 Å². The van der Waals surface area contributed by atoms with Gasteiger partial charge in [0, 0.05) is 26.1 Å². The zero-order chi connectivity index (χ0) is 30.8. The van der Waals surface area contributed by atoms with E-state index in [1.54, 1.807) is 0 Å². The predicted octanol–water partition coefficient (Wildman–Crippen LogP) is 7.36. The summed E-state index contributed by atoms with van der Waals surface area (Å²) in [6, 6.07) is 41.9. The second kappa shape index (κ2) is 14.8. The summed E-state index contributed by atoms with van der Waals surface area (Å²) in [5.74, 6) is 0. The summed E-state index contributed by atoms with van der Waals surface area (Å²) in [4.78, 5) is 14.8. The highest BCUT2D eigenvalue weighted by molar-refractivity contribution is 6.99. The van der Waals surface area contributed by atoms with Crippen molar-refractivity contribution in [3.63, 3.8) is 0 Å². The smallest absolute Gasteiger partial charge is 0.409 e. The minimum atomic E-state index is -2.59. The Bertz CT molecular complexity index is 1340. The Morgan fingerprint density at radius 3 is 1.64 bits per heavy atom. The van der Waals surface area contributed by atoms with E-state index in [9.17, 15) is 4.79 Å². The summed E-state index contributed by atoms with van der Waals surface area (Å²) in [6.45, 7) is 8.92. The van der Waals surface area contributed by atoms with E-state index >= 15 is 0 Å². The van der Waals surface area contributed by atoms with Crippen LogP contribution in [-0.2, 0) is 13.9 Å². The van der Waals surface area contributed by atoms with Crippen molar-refractivity contribution in [3.05, 3.63) is 132 Å². The number of benzene rings is 4. The van der Waals surface area contributed by atoms with E-state index in [1.165, 1.54) is 10.4 Å². The van der Waals surface area contributed by atoms with Gasteiger partial charge in [-0.1, -0.05) is 142 Å². The first-order valence-electron chi connectivity index (χ1n) is 15.8. The minimum absolute atomic E-state index is 0.0734. The largest absolute Gasteiger partial charge is 0.449 e. The molecule has 230 valence electrons. The molecule has 1 heterocycles. The molecular formula is C38H45NO4Si. The topological polar surface area (TPSA) is 48.0 Å². The van der Waals surface area contributed by atoms with Gasteiger partial charge in [-0.05, 0) is 39.4 Å². The molecule has 0 unspecified atom stereocenters. The van der Waals surface area contributed by atoms with Gasteiger partial charge in [-0.25, -0.2) is 4.79 Å². The van der Waals surface area contributed by atoms with Crippen LogP contribution in [0.5, 0.6) is 0 Å². The van der Waals surface area contributed by atoms with Crippen LogP contribution in [0.15, 0.2) is 121 Å². The molecule has 1 amide bonds. The Morgan fingerprint density at radius 2 is 1.18 bits per heavy atom. The van der Waals surface area contributed by atoms with Crippen molar-refractivity contribution in [2.24, 2.45) is 0 Å². The van der Waals surface area contributed by atoms with Gasteiger partial charge in [-0.2, -0.15) is 0 Å². The number of nitrogens with zero attached hydrogens (tertiary/aromatic N) is 1. The number of ether oxygens (including phenoxy) is 2. The number of piperidine rings is 1. The van der Waals surface area contributed by atoms with E-state index in [0.717, 1.165) is 24.0 Å². The predicted molar refractivity (Wildman–Crippen MR) is 180 cm³/mol. The lowest BCUT2D eigenvalue weighted by Crippen LogP contribution is -2.66. The maximum Gasteiger partial charge on any atom is 0.409 e. The van der Waals surface area contributed by atoms with Gasteiger partial charge < -0.3 is 18.8 Å². The van der Waals surface area contributed by atoms with Gasteiger partial charge >= 0.3 is 6.09 Å². The lowest BCUT2D eigenvalue weighted by Gasteiger charge is -2.43. The maximum absolute atomic E-state index is 13.0. The summed E-state index contributed by atoms with van der Waals surface area (Å²) in [5.41, 5.74) is 2.28. The number of hydrogen-bond acceptors (Lipinski definition) is 4. The monoisotopic (exact) mass is 607 g/mol. The van der Waals surface area contributed by atoms with Crippen molar-refractivity contribution in [2.75, 3.05) is 26.3 Å². The molecule has 6 heteroatoms. The van der Waals surface area contributed by atoms with Crippen molar-refractivity contribution >= 4 is 24.8 Å². The van der Waals surface area contributed by atoms with Crippen LogP contribution in [0.3, 0.4) is 0 Å². The fourth-order valence-corrected chi connectivity index (χ4v) is 10.9. The molecule has 0 atom stereocenters. The fourth-order valence-electron chi connectivity index (χ4n) is 6.27. The van der Waals surface area contributed by atoms with E-state index in [-0.39, 0.29) is 23.3 Å². The average molecular weight is 608 g/mol. The van der Waals surface area contributed by atoms with Gasteiger partial charge in [0.05, 0.1) is 12.7 Å². The van der Waals surface area contributed by atoms with Gasteiger partial charge in [-0.3, -0.25) is 0 Å². The standard InChI is InChI=1S/C38H45NO4Si/c1-38(2,3)44(34-21-12-6-13-22-34,35-23-14-7-15-24-35)42-30-16-29-41-37(40)39-27-25-33(26-28-39)43-36(31-17-8-4-9-18-31)32-19-10-5-11-20-32/h4-15,17-24,33,36H,16,25-30H2,1-3H3. The second-order valence-electron chi connectivity index (χ2n) is 12.5. The van der Waals surface area contributed by atoms with E-state index in [4.69, 9.17) is 13.9 Å². The molecule has 1 aliphatic heterocycles. The van der Waals surface area contributed by atoms with Crippen molar-refractivity contribution in [3.8, 4) is 0 Å². The van der Waals surface area contributed by atoms with Gasteiger partial charge in [0.1, 0.15) is 6.10 Å². The number of likely N-dealkylation sites (tertiary alicyclic amines) is 1. The molecule has 4 aromatic rings. The van der Waals surface area contributed by atoms with Crippen LogP contribution < -0.4 is 10.4 Å². The Hall–Kier alpha value is -3.71. The number of hydrogen-bond donors (Lipinski definition) is 0. The lowest BCUT2D eigenvalue weighted by molar-refractivity contribution is -0.0264. The number of rotatable bonds is 11. The molecule has 4 aromatic carbocycles. The highest BCUT2D eigenvalue weighted by Crippen LogP contribution is 2.37. The maximum atomic E-state index is 13.0. The third kappa shape index (κ3) is 7.49. The molecule has 44 heavy (non-hydrogen) atoms. The van der Waals surface area contributed by atoms with Gasteiger partial charge in [0.25, 0.3) is 8.32 Å². The summed E-state index contributed by atoms with van der Waals surface area (Å²) in [5, 5.41) is 2.42. The first-order valence-corrected chi connectivity index (χ1v) is 17.7. The minimum Gasteiger partial charge on any atom is -0.449 e. The van der Waals surface area contributed by atoms with Crippen LogP contribution in [-0.4, -0.2) is 51.7 Å². The van der Waals surface area contributed by atoms with Crippen LogP contribution in [0.25, 0.3) is 0 Å². The first-order chi connectivity index (χ1) is 21.4. The molecule has 5 nitrogen and oxygen atoms in total. The molecule has 0 N–H and O–H groups in total. The zero-order valence-corrected chi connectivity index (χ0v) is 27.2. The van der Waals surface area contributed by atoms with E-state index < -0.39 is 8.32 Å². The molecule has 0 aromatic heterocycles. The molecule has 1 aliphatic rings. The molecule has 1 fully saturated rings. The Kier molecular flexibility index (Phi) is 10.7. The van der Waals surface area contributed by atoms with Crippen molar-refractivity contribution in [1.82, 2.24) is 4.90 Å². The molecule has 0 saturated carbocycles. The summed E-state index contributed by atoms with van der Waals surface area (Å²) < 4.78 is 19.3. The highest BCUT2D eigenvalue weighted by atomic mass is 28.4. The van der Waals surface area contributed by atoms with E-state index in [2.05, 4.69) is 106 Å². The number of carbonyl (C=O) groups is 1. The summed E-state index contributed by atoms with van der Waals surface area (Å²) in [6.07, 6.45) is 1.90. The normalized spacial score (nSPS) is 14.5. The van der Waals surface area contributed by atoms with Gasteiger partial charge in [-0.15, -0.1) is 0 Å². The average Bonchev–Trinajstić information content (AvgIpc) is 3.06.